The number of fused-ring (bicyclic) bond motifs is 2. The number of methoxy groups -OCH3 is 1. The smallest absolute Gasteiger partial charge is 0.331 e. The van der Waals surface area contributed by atoms with Crippen molar-refractivity contribution in [1.29, 1.82) is 0 Å². The summed E-state index contributed by atoms with van der Waals surface area (Å²) in [7, 11) is 5.48. The molecule has 0 radical (unpaired) electrons. The van der Waals surface area contributed by atoms with Crippen molar-refractivity contribution in [2.24, 2.45) is 4.99 Å². The summed E-state index contributed by atoms with van der Waals surface area (Å²) < 4.78 is 11.5. The topological polar surface area (TPSA) is 83.7 Å². The van der Waals surface area contributed by atoms with E-state index in [0.717, 1.165) is 40.2 Å². The number of para-hydroxylation sites is 2. The van der Waals surface area contributed by atoms with Crippen LogP contribution >= 0.6 is 0 Å². The number of hydrogen-bond acceptors (Lipinski definition) is 6. The summed E-state index contributed by atoms with van der Waals surface area (Å²) in [5, 5.41) is 1.84. The van der Waals surface area contributed by atoms with E-state index >= 15 is 0 Å². The van der Waals surface area contributed by atoms with Crippen LogP contribution in [0.2, 0.25) is 0 Å². The third-order valence-corrected chi connectivity index (χ3v) is 6.64. The van der Waals surface area contributed by atoms with Crippen LogP contribution in [-0.4, -0.2) is 48.1 Å². The van der Waals surface area contributed by atoms with Crippen molar-refractivity contribution in [2.75, 3.05) is 21.2 Å². The second-order valence-corrected chi connectivity index (χ2v) is 9.43. The molecular formula is C29H36N4O3. The van der Waals surface area contributed by atoms with Gasteiger partial charge in [-0.3, -0.25) is 4.90 Å². The maximum atomic E-state index is 12.9. The van der Waals surface area contributed by atoms with Crippen molar-refractivity contribution in [3.63, 3.8) is 0 Å². The largest absolute Gasteiger partial charge is 0.467 e. The standard InChI is InChI=1S/C29H36N4O3/c1-5-6-7-8-17-26(33(2)3)28-31-24-16-12-10-14-22(24)27(36-28)32-25(29(34)35-4)18-20-19-30-23-15-11-9-13-21(20)23/h9-16,19,25-26,30H,5-8,17-18H2,1-4H3/t25-,26?/m0/s1. The molecule has 0 fully saturated rings. The lowest BCUT2D eigenvalue weighted by atomic mass is 10.1. The number of aromatic amines is 1. The van der Waals surface area contributed by atoms with E-state index < -0.39 is 12.0 Å². The molecule has 0 aliphatic carbocycles. The van der Waals surface area contributed by atoms with Crippen LogP contribution in [0.5, 0.6) is 0 Å². The number of H-pyrrole nitrogens is 1. The lowest BCUT2D eigenvalue weighted by Crippen LogP contribution is -2.27. The summed E-state index contributed by atoms with van der Waals surface area (Å²) in [6.45, 7) is 2.21. The molecule has 0 aliphatic heterocycles. The number of carbonyl (C=O) groups excluding carboxylic acids is 1. The van der Waals surface area contributed by atoms with Crippen LogP contribution < -0.4 is 5.55 Å². The fourth-order valence-electron chi connectivity index (χ4n) is 4.62. The predicted octanol–water partition coefficient (Wildman–Crippen LogP) is 5.57. The Morgan fingerprint density at radius 2 is 1.83 bits per heavy atom. The first-order valence-corrected chi connectivity index (χ1v) is 12.7. The minimum atomic E-state index is -0.751. The highest BCUT2D eigenvalue weighted by Crippen LogP contribution is 2.25. The molecule has 190 valence electrons. The Balaban J connectivity index is 1.77. The lowest BCUT2D eigenvalue weighted by Gasteiger charge is -2.22. The van der Waals surface area contributed by atoms with Gasteiger partial charge in [0.1, 0.15) is 0 Å². The van der Waals surface area contributed by atoms with E-state index in [1.165, 1.54) is 26.4 Å². The molecule has 4 rings (SSSR count). The Bertz CT molecular complexity index is 1370. The van der Waals surface area contributed by atoms with E-state index in [9.17, 15) is 4.79 Å². The number of aromatic nitrogens is 2. The van der Waals surface area contributed by atoms with E-state index in [-0.39, 0.29) is 6.04 Å². The predicted molar refractivity (Wildman–Crippen MR) is 143 cm³/mol. The molecule has 36 heavy (non-hydrogen) atoms. The van der Waals surface area contributed by atoms with Gasteiger partial charge in [0.25, 0.3) is 0 Å². The molecule has 2 aromatic carbocycles. The average molecular weight is 489 g/mol. The molecule has 4 aromatic rings. The van der Waals surface area contributed by atoms with Gasteiger partial charge in [-0.2, -0.15) is 0 Å². The minimum absolute atomic E-state index is 0.0191. The number of rotatable bonds is 11. The van der Waals surface area contributed by atoms with Crippen LogP contribution in [-0.2, 0) is 16.0 Å². The van der Waals surface area contributed by atoms with Gasteiger partial charge in [-0.25, -0.2) is 14.8 Å². The van der Waals surface area contributed by atoms with Gasteiger partial charge >= 0.3 is 5.97 Å². The summed E-state index contributed by atoms with van der Waals surface area (Å²) in [6.07, 6.45) is 7.96. The Morgan fingerprint density at radius 3 is 2.58 bits per heavy atom. The highest BCUT2D eigenvalue weighted by Gasteiger charge is 2.23. The van der Waals surface area contributed by atoms with Crippen molar-refractivity contribution < 1.29 is 13.9 Å². The number of ether oxygens (including phenoxy) is 1. The first kappa shape index (κ1) is 25.6. The molecular weight excluding hydrogens is 452 g/mol. The van der Waals surface area contributed by atoms with Crippen molar-refractivity contribution in [2.45, 2.75) is 57.5 Å². The zero-order valence-electron chi connectivity index (χ0n) is 21.7. The quantitative estimate of drug-likeness (QED) is 0.220. The third kappa shape index (κ3) is 5.85. The van der Waals surface area contributed by atoms with Gasteiger partial charge in [-0.15, -0.1) is 0 Å². The fourth-order valence-corrected chi connectivity index (χ4v) is 4.62. The zero-order chi connectivity index (χ0) is 25.5. The maximum absolute atomic E-state index is 12.9. The number of benzene rings is 2. The molecule has 0 spiro atoms. The van der Waals surface area contributed by atoms with Crippen molar-refractivity contribution in [3.8, 4) is 0 Å². The van der Waals surface area contributed by atoms with Crippen LogP contribution in [0.1, 0.15) is 56.5 Å². The Hall–Kier alpha value is -3.45. The van der Waals surface area contributed by atoms with Gasteiger partial charge in [0.2, 0.25) is 11.4 Å². The fraction of sp³-hybridized carbons (Fsp3) is 0.414. The Morgan fingerprint density at radius 1 is 1.08 bits per heavy atom. The van der Waals surface area contributed by atoms with E-state index in [1.54, 1.807) is 0 Å². The molecule has 0 bridgehead atoms. The van der Waals surface area contributed by atoms with Crippen molar-refractivity contribution in [3.05, 3.63) is 71.7 Å². The minimum Gasteiger partial charge on any atom is -0.467 e. The van der Waals surface area contributed by atoms with E-state index in [4.69, 9.17) is 19.1 Å². The number of hydrogen-bond donors (Lipinski definition) is 1. The highest BCUT2D eigenvalue weighted by molar-refractivity contribution is 5.85. The summed E-state index contributed by atoms with van der Waals surface area (Å²) in [4.78, 5) is 28.0. The van der Waals surface area contributed by atoms with Crippen LogP contribution in [0.15, 0.2) is 64.1 Å². The van der Waals surface area contributed by atoms with Crippen molar-refractivity contribution in [1.82, 2.24) is 14.9 Å². The number of nitrogens with zero attached hydrogens (tertiary/aromatic N) is 3. The number of esters is 1. The first-order chi connectivity index (χ1) is 17.5. The summed E-state index contributed by atoms with van der Waals surface area (Å²) in [6, 6.07) is 15.1. The third-order valence-electron chi connectivity index (χ3n) is 6.64. The second kappa shape index (κ2) is 12.0. The molecule has 2 heterocycles. The van der Waals surface area contributed by atoms with Crippen LogP contribution in [0.25, 0.3) is 21.8 Å². The normalized spacial score (nSPS) is 14.0. The number of unbranched alkanes of at least 4 members (excludes halogenated alkanes) is 3. The Labute approximate surface area is 212 Å². The molecule has 7 nitrogen and oxygen atoms in total. The molecule has 2 atom stereocenters. The molecule has 1 unspecified atom stereocenters. The monoisotopic (exact) mass is 488 g/mol. The molecule has 2 aromatic heterocycles. The maximum Gasteiger partial charge on any atom is 0.331 e. The van der Waals surface area contributed by atoms with E-state index in [1.807, 2.05) is 68.8 Å². The van der Waals surface area contributed by atoms with Gasteiger partial charge < -0.3 is 14.1 Å². The average Bonchev–Trinajstić information content (AvgIpc) is 3.30. The first-order valence-electron chi connectivity index (χ1n) is 12.7. The zero-order valence-corrected chi connectivity index (χ0v) is 21.7. The SMILES string of the molecule is CCCCCCC(c1nc2ccccc2c(=N[C@@H](Cc2c[nH]c3ccccc23)C(=O)OC)o1)N(C)C. The van der Waals surface area contributed by atoms with Gasteiger partial charge in [-0.1, -0.05) is 62.9 Å². The number of nitrogens with one attached hydrogen (secondary N) is 1. The second-order valence-electron chi connectivity index (χ2n) is 9.43. The molecule has 0 aliphatic rings. The molecule has 0 amide bonds. The van der Waals surface area contributed by atoms with Crippen LogP contribution in [0.4, 0.5) is 0 Å². The van der Waals surface area contributed by atoms with Gasteiger partial charge in [0.05, 0.1) is 24.1 Å². The highest BCUT2D eigenvalue weighted by atomic mass is 16.5. The number of carbonyl (C=O) groups is 1. The van der Waals surface area contributed by atoms with Gasteiger partial charge in [0.15, 0.2) is 6.04 Å². The van der Waals surface area contributed by atoms with E-state index in [0.29, 0.717) is 17.9 Å². The van der Waals surface area contributed by atoms with Crippen LogP contribution in [0, 0.1) is 0 Å². The van der Waals surface area contributed by atoms with E-state index in [2.05, 4.69) is 16.8 Å². The summed E-state index contributed by atoms with van der Waals surface area (Å²) in [5.74, 6) is 0.214. The molecule has 7 heteroatoms. The molecule has 0 saturated heterocycles. The summed E-state index contributed by atoms with van der Waals surface area (Å²) >= 11 is 0. The summed E-state index contributed by atoms with van der Waals surface area (Å²) in [5.41, 5.74) is 3.24. The molecule has 1 N–H and O–H groups in total. The molecule has 0 saturated carbocycles. The van der Waals surface area contributed by atoms with Crippen LogP contribution in [0.3, 0.4) is 0 Å². The van der Waals surface area contributed by atoms with Gasteiger partial charge in [-0.05, 0) is 44.3 Å². The lowest BCUT2D eigenvalue weighted by molar-refractivity contribution is -0.142. The Kier molecular flexibility index (Phi) is 8.54. The van der Waals surface area contributed by atoms with Crippen molar-refractivity contribution >= 4 is 27.8 Å². The van der Waals surface area contributed by atoms with Gasteiger partial charge in [0, 0.05) is 23.5 Å².